The van der Waals surface area contributed by atoms with Crippen molar-refractivity contribution in [3.05, 3.63) is 60.2 Å². The lowest BCUT2D eigenvalue weighted by Gasteiger charge is -2.19. The average Bonchev–Trinajstić information content (AvgIpc) is 2.62. The van der Waals surface area contributed by atoms with E-state index in [2.05, 4.69) is 16.0 Å². The summed E-state index contributed by atoms with van der Waals surface area (Å²) < 4.78 is 5.10. The molecule has 3 N–H and O–H groups in total. The fourth-order valence-electron chi connectivity index (χ4n) is 2.44. The Kier molecular flexibility index (Phi) is 7.77. The van der Waals surface area contributed by atoms with Crippen molar-refractivity contribution in [1.29, 1.82) is 0 Å². The van der Waals surface area contributed by atoms with Crippen LogP contribution in [0.3, 0.4) is 0 Å². The first kappa shape index (κ1) is 21.9. The molecule has 0 saturated heterocycles. The van der Waals surface area contributed by atoms with Crippen molar-refractivity contribution in [2.75, 3.05) is 17.2 Å². The molecule has 0 unspecified atom stereocenters. The molecule has 29 heavy (non-hydrogen) atoms. The van der Waals surface area contributed by atoms with Crippen molar-refractivity contribution in [3.8, 4) is 0 Å². The molecule has 2 aromatic rings. The fourth-order valence-corrected chi connectivity index (χ4v) is 2.44. The molecular weight excluding hydrogens is 370 g/mol. The van der Waals surface area contributed by atoms with Crippen molar-refractivity contribution in [3.63, 3.8) is 0 Å². The Bertz CT molecular complexity index is 827. The maximum Gasteiger partial charge on any atom is 0.407 e. The molecule has 0 bridgehead atoms. The molecule has 7 nitrogen and oxygen atoms in total. The maximum absolute atomic E-state index is 12.1. The van der Waals surface area contributed by atoms with Gasteiger partial charge in [0.05, 0.1) is 6.42 Å². The summed E-state index contributed by atoms with van der Waals surface area (Å²) in [5.41, 5.74) is 1.61. The van der Waals surface area contributed by atoms with E-state index >= 15 is 0 Å². The Morgan fingerprint density at radius 2 is 1.38 bits per heavy atom. The number of hydrogen-bond donors (Lipinski definition) is 3. The molecule has 0 heterocycles. The van der Waals surface area contributed by atoms with Crippen molar-refractivity contribution in [2.24, 2.45) is 0 Å². The van der Waals surface area contributed by atoms with E-state index in [9.17, 15) is 14.4 Å². The van der Waals surface area contributed by atoms with E-state index in [4.69, 9.17) is 4.74 Å². The van der Waals surface area contributed by atoms with Gasteiger partial charge in [0.2, 0.25) is 11.8 Å². The molecule has 0 aliphatic carbocycles. The number of nitrogens with one attached hydrogen (secondary N) is 3. The van der Waals surface area contributed by atoms with Crippen LogP contribution in [0.25, 0.3) is 0 Å². The van der Waals surface area contributed by atoms with Gasteiger partial charge in [-0.25, -0.2) is 4.79 Å². The predicted molar refractivity (Wildman–Crippen MR) is 113 cm³/mol. The molecule has 7 heteroatoms. The molecule has 0 aliphatic rings. The number of alkyl carbamates (subject to hydrolysis) is 1. The average molecular weight is 397 g/mol. The summed E-state index contributed by atoms with van der Waals surface area (Å²) in [5.74, 6) is -0.344. The van der Waals surface area contributed by atoms with E-state index in [1.54, 1.807) is 45.0 Å². The summed E-state index contributed by atoms with van der Waals surface area (Å²) in [4.78, 5) is 35.6. The largest absolute Gasteiger partial charge is 0.444 e. The number of ether oxygens (including phenoxy) is 1. The van der Waals surface area contributed by atoms with E-state index in [-0.39, 0.29) is 24.8 Å². The van der Waals surface area contributed by atoms with Crippen LogP contribution in [0, 0.1) is 0 Å². The van der Waals surface area contributed by atoms with Crippen molar-refractivity contribution in [1.82, 2.24) is 5.32 Å². The molecule has 3 amide bonds. The zero-order valence-corrected chi connectivity index (χ0v) is 17.0. The van der Waals surface area contributed by atoms with Gasteiger partial charge in [-0.3, -0.25) is 9.59 Å². The number of benzene rings is 2. The van der Waals surface area contributed by atoms with Gasteiger partial charge in [-0.05, 0) is 50.6 Å². The van der Waals surface area contributed by atoms with Gasteiger partial charge in [0.1, 0.15) is 5.60 Å². The first-order valence-electron chi connectivity index (χ1n) is 9.42. The van der Waals surface area contributed by atoms with E-state index in [0.29, 0.717) is 17.8 Å². The Labute approximate surface area is 170 Å². The highest BCUT2D eigenvalue weighted by Crippen LogP contribution is 2.14. The molecular formula is C22H27N3O4. The standard InChI is InChI=1S/C22H27N3O4/c1-22(2,3)29-21(28)23-14-13-19(26)24-17-9-11-18(12-10-17)25-20(27)15-16-7-5-4-6-8-16/h4-12H,13-15H2,1-3H3,(H,23,28)(H,24,26)(H,25,27). The Morgan fingerprint density at radius 3 is 1.93 bits per heavy atom. The van der Waals surface area contributed by atoms with Gasteiger partial charge >= 0.3 is 6.09 Å². The minimum Gasteiger partial charge on any atom is -0.444 e. The fraction of sp³-hybridized carbons (Fsp3) is 0.318. The predicted octanol–water partition coefficient (Wildman–Crippen LogP) is 3.72. The van der Waals surface area contributed by atoms with Gasteiger partial charge in [0.15, 0.2) is 0 Å². The molecule has 0 fully saturated rings. The van der Waals surface area contributed by atoms with Gasteiger partial charge in [0, 0.05) is 24.3 Å². The first-order chi connectivity index (χ1) is 13.7. The first-order valence-corrected chi connectivity index (χ1v) is 9.42. The molecule has 0 saturated carbocycles. The van der Waals surface area contributed by atoms with Crippen molar-refractivity contribution in [2.45, 2.75) is 39.2 Å². The Balaban J connectivity index is 1.73. The maximum atomic E-state index is 12.1. The monoisotopic (exact) mass is 397 g/mol. The van der Waals surface area contributed by atoms with Crippen molar-refractivity contribution < 1.29 is 19.1 Å². The van der Waals surface area contributed by atoms with Crippen LogP contribution >= 0.6 is 0 Å². The van der Waals surface area contributed by atoms with Gasteiger partial charge in [-0.15, -0.1) is 0 Å². The molecule has 0 spiro atoms. The minimum absolute atomic E-state index is 0.110. The normalized spacial score (nSPS) is 10.7. The highest BCUT2D eigenvalue weighted by atomic mass is 16.6. The van der Waals surface area contributed by atoms with Crippen LogP contribution in [-0.4, -0.2) is 30.1 Å². The molecule has 154 valence electrons. The van der Waals surface area contributed by atoms with Crippen LogP contribution in [-0.2, 0) is 20.7 Å². The highest BCUT2D eigenvalue weighted by Gasteiger charge is 2.15. The summed E-state index contributed by atoms with van der Waals surface area (Å²) >= 11 is 0. The minimum atomic E-state index is -0.579. The van der Waals surface area contributed by atoms with Gasteiger partial charge in [0.25, 0.3) is 0 Å². The smallest absolute Gasteiger partial charge is 0.407 e. The summed E-state index contributed by atoms with van der Waals surface area (Å²) in [6.45, 7) is 5.49. The summed E-state index contributed by atoms with van der Waals surface area (Å²) in [5, 5.41) is 8.10. The van der Waals surface area contributed by atoms with E-state index in [1.165, 1.54) is 0 Å². The van der Waals surface area contributed by atoms with E-state index in [1.807, 2.05) is 30.3 Å². The second kappa shape index (κ2) is 10.3. The third-order valence-electron chi connectivity index (χ3n) is 3.68. The number of carbonyl (C=O) groups excluding carboxylic acids is 3. The quantitative estimate of drug-likeness (QED) is 0.663. The molecule has 0 aliphatic heterocycles. The van der Waals surface area contributed by atoms with E-state index < -0.39 is 11.7 Å². The lowest BCUT2D eigenvalue weighted by atomic mass is 10.1. The van der Waals surface area contributed by atoms with Crippen LogP contribution in [0.5, 0.6) is 0 Å². The highest BCUT2D eigenvalue weighted by molar-refractivity contribution is 5.93. The van der Waals surface area contributed by atoms with Gasteiger partial charge in [-0.1, -0.05) is 30.3 Å². The summed E-state index contributed by atoms with van der Waals surface area (Å²) in [6.07, 6.45) is -0.139. The third kappa shape index (κ3) is 8.92. The molecule has 0 radical (unpaired) electrons. The number of rotatable bonds is 7. The van der Waals surface area contributed by atoms with Crippen LogP contribution in [0.2, 0.25) is 0 Å². The zero-order valence-electron chi connectivity index (χ0n) is 17.0. The zero-order chi connectivity index (χ0) is 21.3. The number of anilines is 2. The van der Waals surface area contributed by atoms with Crippen LogP contribution in [0.1, 0.15) is 32.8 Å². The summed E-state index contributed by atoms with van der Waals surface area (Å²) in [7, 11) is 0. The van der Waals surface area contributed by atoms with Crippen LogP contribution < -0.4 is 16.0 Å². The molecule has 0 atom stereocenters. The van der Waals surface area contributed by atoms with Crippen LogP contribution in [0.4, 0.5) is 16.2 Å². The Hall–Kier alpha value is -3.35. The lowest BCUT2D eigenvalue weighted by molar-refractivity contribution is -0.116. The van der Waals surface area contributed by atoms with Gasteiger partial charge < -0.3 is 20.7 Å². The second-order valence-corrected chi connectivity index (χ2v) is 7.51. The second-order valence-electron chi connectivity index (χ2n) is 7.51. The number of hydrogen-bond acceptors (Lipinski definition) is 4. The topological polar surface area (TPSA) is 96.5 Å². The number of carbonyl (C=O) groups is 3. The molecule has 2 rings (SSSR count). The van der Waals surface area contributed by atoms with Crippen LogP contribution in [0.15, 0.2) is 54.6 Å². The van der Waals surface area contributed by atoms with Crippen molar-refractivity contribution >= 4 is 29.3 Å². The SMILES string of the molecule is CC(C)(C)OC(=O)NCCC(=O)Nc1ccc(NC(=O)Cc2ccccc2)cc1. The molecule has 2 aromatic carbocycles. The lowest BCUT2D eigenvalue weighted by Crippen LogP contribution is -2.34. The molecule has 0 aromatic heterocycles. The van der Waals surface area contributed by atoms with Gasteiger partial charge in [-0.2, -0.15) is 0 Å². The summed E-state index contributed by atoms with van der Waals surface area (Å²) in [6, 6.07) is 16.3. The Morgan fingerprint density at radius 1 is 0.828 bits per heavy atom. The number of amides is 3. The third-order valence-corrected chi connectivity index (χ3v) is 3.68. The van der Waals surface area contributed by atoms with E-state index in [0.717, 1.165) is 5.56 Å².